The van der Waals surface area contributed by atoms with Crippen LogP contribution in [0.1, 0.15) is 6.92 Å². The van der Waals surface area contributed by atoms with E-state index in [2.05, 4.69) is 28.5 Å². The van der Waals surface area contributed by atoms with Crippen LogP contribution < -0.4 is 15.8 Å². The second kappa shape index (κ2) is 5.65. The number of rotatable bonds is 5. The molecule has 84 valence electrons. The van der Waals surface area contributed by atoms with Crippen LogP contribution in [-0.2, 0) is 0 Å². The van der Waals surface area contributed by atoms with Crippen LogP contribution in [0.2, 0.25) is 0 Å². The van der Waals surface area contributed by atoms with E-state index in [1.54, 1.807) is 11.8 Å². The lowest BCUT2D eigenvalue weighted by Crippen LogP contribution is -2.19. The van der Waals surface area contributed by atoms with Gasteiger partial charge < -0.3 is 15.8 Å². The van der Waals surface area contributed by atoms with Crippen LogP contribution in [0.5, 0.6) is 5.88 Å². The van der Waals surface area contributed by atoms with Gasteiger partial charge in [0.1, 0.15) is 12.0 Å². The second-order valence-corrected chi connectivity index (χ2v) is 4.06. The van der Waals surface area contributed by atoms with Crippen molar-refractivity contribution < 1.29 is 4.74 Å². The first-order valence-electron chi connectivity index (χ1n) is 4.59. The Hall–Kier alpha value is -1.17. The smallest absolute Gasteiger partial charge is 0.242 e. The summed E-state index contributed by atoms with van der Waals surface area (Å²) in [5, 5.41) is 3.21. The maximum Gasteiger partial charge on any atom is 0.242 e. The number of nitrogen functional groups attached to an aromatic ring is 1. The summed E-state index contributed by atoms with van der Waals surface area (Å²) in [6.45, 7) is 2.07. The molecule has 0 amide bonds. The van der Waals surface area contributed by atoms with Crippen molar-refractivity contribution in [2.24, 2.45) is 0 Å². The molecule has 1 rings (SSSR count). The van der Waals surface area contributed by atoms with E-state index in [0.29, 0.717) is 23.4 Å². The Morgan fingerprint density at radius 3 is 2.93 bits per heavy atom. The summed E-state index contributed by atoms with van der Waals surface area (Å²) < 4.78 is 5.01. The van der Waals surface area contributed by atoms with Gasteiger partial charge in [-0.15, -0.1) is 0 Å². The maximum absolute atomic E-state index is 5.82. The number of anilines is 2. The van der Waals surface area contributed by atoms with Gasteiger partial charge in [0.25, 0.3) is 0 Å². The topological polar surface area (TPSA) is 73.1 Å². The summed E-state index contributed by atoms with van der Waals surface area (Å²) in [7, 11) is 1.54. The van der Waals surface area contributed by atoms with E-state index in [-0.39, 0.29) is 0 Å². The Bertz CT molecular complexity index is 321. The summed E-state index contributed by atoms with van der Waals surface area (Å²) >= 11 is 1.77. The summed E-state index contributed by atoms with van der Waals surface area (Å²) in [6.07, 6.45) is 3.49. The minimum atomic E-state index is 0.307. The molecular formula is C9H16N4OS. The average Bonchev–Trinajstić information content (AvgIpc) is 2.21. The molecule has 6 heteroatoms. The van der Waals surface area contributed by atoms with Gasteiger partial charge in [-0.2, -0.15) is 16.7 Å². The number of nitrogens with zero attached hydrogens (tertiary/aromatic N) is 2. The van der Waals surface area contributed by atoms with Gasteiger partial charge in [0.05, 0.1) is 7.11 Å². The van der Waals surface area contributed by atoms with E-state index in [9.17, 15) is 0 Å². The molecule has 0 aliphatic heterocycles. The van der Waals surface area contributed by atoms with Crippen molar-refractivity contribution in [1.82, 2.24) is 9.97 Å². The Morgan fingerprint density at radius 2 is 2.33 bits per heavy atom. The van der Waals surface area contributed by atoms with Crippen molar-refractivity contribution in [3.63, 3.8) is 0 Å². The standard InChI is InChI=1S/C9H16N4OS/c1-6(4-15-3)13-8-7(10)9(14-2)12-5-11-8/h5-6H,4,10H2,1-3H3,(H,11,12,13). The monoisotopic (exact) mass is 228 g/mol. The fourth-order valence-electron chi connectivity index (χ4n) is 1.18. The highest BCUT2D eigenvalue weighted by Crippen LogP contribution is 2.24. The number of hydrogen-bond donors (Lipinski definition) is 2. The van der Waals surface area contributed by atoms with Crippen molar-refractivity contribution in [3.05, 3.63) is 6.33 Å². The predicted octanol–water partition coefficient (Wildman–Crippen LogP) is 1.23. The predicted molar refractivity (Wildman–Crippen MR) is 64.5 cm³/mol. The Balaban J connectivity index is 2.76. The molecule has 0 saturated heterocycles. The molecular weight excluding hydrogens is 212 g/mol. The number of hydrogen-bond acceptors (Lipinski definition) is 6. The Kier molecular flexibility index (Phi) is 4.48. The minimum Gasteiger partial charge on any atom is -0.479 e. The molecule has 0 bridgehead atoms. The van der Waals surface area contributed by atoms with E-state index in [4.69, 9.17) is 10.5 Å². The zero-order valence-corrected chi connectivity index (χ0v) is 9.97. The number of nitrogens with two attached hydrogens (primary N) is 1. The highest BCUT2D eigenvalue weighted by Gasteiger charge is 2.10. The first-order chi connectivity index (χ1) is 7.19. The fourth-order valence-corrected chi connectivity index (χ4v) is 1.77. The molecule has 0 spiro atoms. The van der Waals surface area contributed by atoms with E-state index >= 15 is 0 Å². The zero-order chi connectivity index (χ0) is 11.3. The van der Waals surface area contributed by atoms with Crippen molar-refractivity contribution in [2.75, 3.05) is 30.2 Å². The normalized spacial score (nSPS) is 12.2. The van der Waals surface area contributed by atoms with E-state index in [1.807, 2.05) is 0 Å². The van der Waals surface area contributed by atoms with Gasteiger partial charge in [0.2, 0.25) is 5.88 Å². The molecule has 0 saturated carbocycles. The van der Waals surface area contributed by atoms with Crippen LogP contribution in [0.3, 0.4) is 0 Å². The largest absolute Gasteiger partial charge is 0.479 e. The average molecular weight is 228 g/mol. The molecule has 1 atom stereocenters. The van der Waals surface area contributed by atoms with Crippen LogP contribution in [0, 0.1) is 0 Å². The van der Waals surface area contributed by atoms with Crippen LogP contribution in [-0.4, -0.2) is 35.1 Å². The Morgan fingerprint density at radius 1 is 1.60 bits per heavy atom. The van der Waals surface area contributed by atoms with Gasteiger partial charge in [0.15, 0.2) is 5.82 Å². The summed E-state index contributed by atoms with van der Waals surface area (Å²) in [4.78, 5) is 7.98. The van der Waals surface area contributed by atoms with Crippen LogP contribution >= 0.6 is 11.8 Å². The first-order valence-corrected chi connectivity index (χ1v) is 5.98. The van der Waals surface area contributed by atoms with E-state index in [1.165, 1.54) is 13.4 Å². The summed E-state index contributed by atoms with van der Waals surface area (Å²) in [5.41, 5.74) is 6.27. The van der Waals surface area contributed by atoms with Crippen molar-refractivity contribution in [3.8, 4) is 5.88 Å². The molecule has 1 heterocycles. The fraction of sp³-hybridized carbons (Fsp3) is 0.556. The SMILES string of the molecule is COc1ncnc(NC(C)CSC)c1N. The number of methoxy groups -OCH3 is 1. The lowest BCUT2D eigenvalue weighted by Gasteiger charge is -2.15. The molecule has 1 aromatic rings. The summed E-state index contributed by atoms with van der Waals surface area (Å²) in [6, 6.07) is 0.307. The third-order valence-electron chi connectivity index (χ3n) is 1.84. The molecule has 1 unspecified atom stereocenters. The molecule has 0 aliphatic carbocycles. The van der Waals surface area contributed by atoms with Crippen molar-refractivity contribution >= 4 is 23.3 Å². The second-order valence-electron chi connectivity index (χ2n) is 3.15. The number of ether oxygens (including phenoxy) is 1. The minimum absolute atomic E-state index is 0.307. The van der Waals surface area contributed by atoms with Crippen LogP contribution in [0.25, 0.3) is 0 Å². The van der Waals surface area contributed by atoms with Gasteiger partial charge in [-0.25, -0.2) is 4.98 Å². The van der Waals surface area contributed by atoms with Crippen LogP contribution in [0.15, 0.2) is 6.33 Å². The van der Waals surface area contributed by atoms with Gasteiger partial charge in [-0.05, 0) is 13.2 Å². The molecule has 0 fully saturated rings. The highest BCUT2D eigenvalue weighted by atomic mass is 32.2. The van der Waals surface area contributed by atoms with Crippen molar-refractivity contribution in [2.45, 2.75) is 13.0 Å². The molecule has 3 N–H and O–H groups in total. The number of aromatic nitrogens is 2. The van der Waals surface area contributed by atoms with E-state index in [0.717, 1.165) is 5.75 Å². The molecule has 0 aliphatic rings. The van der Waals surface area contributed by atoms with Gasteiger partial charge in [-0.3, -0.25) is 0 Å². The molecule has 1 aromatic heterocycles. The molecule has 5 nitrogen and oxygen atoms in total. The molecule has 0 radical (unpaired) electrons. The first kappa shape index (κ1) is 11.9. The van der Waals surface area contributed by atoms with Gasteiger partial charge >= 0.3 is 0 Å². The quantitative estimate of drug-likeness (QED) is 0.789. The van der Waals surface area contributed by atoms with E-state index < -0.39 is 0 Å². The lowest BCUT2D eigenvalue weighted by molar-refractivity contribution is 0.399. The van der Waals surface area contributed by atoms with Crippen LogP contribution in [0.4, 0.5) is 11.5 Å². The highest BCUT2D eigenvalue weighted by molar-refractivity contribution is 7.98. The Labute approximate surface area is 93.8 Å². The molecule has 0 aromatic carbocycles. The van der Waals surface area contributed by atoms with Gasteiger partial charge in [0, 0.05) is 11.8 Å². The van der Waals surface area contributed by atoms with Crippen molar-refractivity contribution in [1.29, 1.82) is 0 Å². The maximum atomic E-state index is 5.82. The third-order valence-corrected chi connectivity index (χ3v) is 2.67. The molecule has 15 heavy (non-hydrogen) atoms. The summed E-state index contributed by atoms with van der Waals surface area (Å²) in [5.74, 6) is 2.03. The number of nitrogens with one attached hydrogen (secondary N) is 1. The lowest BCUT2D eigenvalue weighted by atomic mass is 10.3. The third kappa shape index (κ3) is 3.16. The zero-order valence-electron chi connectivity index (χ0n) is 9.15. The van der Waals surface area contributed by atoms with Gasteiger partial charge in [-0.1, -0.05) is 0 Å². The number of thioether (sulfide) groups is 1.